The number of nitrogens with one attached hydrogen (secondary N) is 2. The van der Waals surface area contributed by atoms with Gasteiger partial charge in [-0.05, 0) is 75.9 Å². The predicted octanol–water partition coefficient (Wildman–Crippen LogP) is 2.30. The lowest BCUT2D eigenvalue weighted by molar-refractivity contribution is -0.158. The Morgan fingerprint density at radius 1 is 0.692 bits per heavy atom. The number of carbonyl (C=O) groups is 2. The highest BCUT2D eigenvalue weighted by Gasteiger charge is 2.34. The SMILES string of the molecule is CC1(C)OC[C@@H](COC(=O)CCc2ccc(OC[C@H](O)CNCCNC[C@@H](O)COc3ccc(CCC(=O)OC[C@H]4COC(C)(C)O4)cc3)cc2)O1. The highest BCUT2D eigenvalue weighted by Crippen LogP contribution is 2.23. The fourth-order valence-electron chi connectivity index (χ4n) is 5.42. The average Bonchev–Trinajstić information content (AvgIpc) is 3.67. The molecule has 52 heavy (non-hydrogen) atoms. The van der Waals surface area contributed by atoms with Crippen LogP contribution in [0.5, 0.6) is 11.5 Å². The molecule has 2 aromatic rings. The number of rotatable bonds is 23. The standard InChI is InChI=1S/C38H56N2O12/c1-37(2)49-25-33(51-37)23-47-35(43)15-9-27-5-11-31(12-6-27)45-21-29(41)19-39-17-18-40-20-30(42)22-46-32-13-7-28(8-14-32)10-16-36(44)48-24-34-26-50-38(3,4)52-34/h5-8,11-14,29-30,33-34,39-42H,9-10,15-26H2,1-4H3/t29-,30-,33-,34+/m1/s1. The van der Waals surface area contributed by atoms with Crippen molar-refractivity contribution in [3.63, 3.8) is 0 Å². The molecule has 290 valence electrons. The zero-order valence-electron chi connectivity index (χ0n) is 30.8. The van der Waals surface area contributed by atoms with E-state index in [1.807, 2.05) is 76.2 Å². The van der Waals surface area contributed by atoms with Gasteiger partial charge in [-0.1, -0.05) is 24.3 Å². The van der Waals surface area contributed by atoms with Crippen LogP contribution in [-0.4, -0.2) is 124 Å². The maximum Gasteiger partial charge on any atom is 0.306 e. The summed E-state index contributed by atoms with van der Waals surface area (Å²) in [7, 11) is 0. The fraction of sp³-hybridized carbons (Fsp3) is 0.632. The molecule has 4 rings (SSSR count). The Labute approximate surface area is 306 Å². The molecular formula is C38H56N2O12. The van der Waals surface area contributed by atoms with Crippen LogP contribution in [0, 0.1) is 0 Å². The maximum atomic E-state index is 12.1. The van der Waals surface area contributed by atoms with Crippen LogP contribution in [-0.2, 0) is 50.9 Å². The van der Waals surface area contributed by atoms with Crippen molar-refractivity contribution in [3.8, 4) is 11.5 Å². The smallest absolute Gasteiger partial charge is 0.306 e. The van der Waals surface area contributed by atoms with E-state index in [2.05, 4.69) is 10.6 Å². The number of aliphatic hydroxyl groups is 2. The van der Waals surface area contributed by atoms with Gasteiger partial charge in [0.2, 0.25) is 0 Å². The monoisotopic (exact) mass is 732 g/mol. The van der Waals surface area contributed by atoms with Gasteiger partial charge in [-0.25, -0.2) is 0 Å². The zero-order chi connectivity index (χ0) is 37.4. The summed E-state index contributed by atoms with van der Waals surface area (Å²) in [5.41, 5.74) is 1.96. The molecule has 2 aliphatic rings. The van der Waals surface area contributed by atoms with Crippen molar-refractivity contribution in [1.82, 2.24) is 10.6 Å². The molecule has 4 N–H and O–H groups in total. The van der Waals surface area contributed by atoms with Gasteiger partial charge in [-0.2, -0.15) is 0 Å². The Morgan fingerprint density at radius 2 is 1.08 bits per heavy atom. The van der Waals surface area contributed by atoms with Crippen LogP contribution in [0.1, 0.15) is 51.7 Å². The van der Waals surface area contributed by atoms with Crippen molar-refractivity contribution < 1.29 is 57.7 Å². The van der Waals surface area contributed by atoms with Crippen LogP contribution in [0.15, 0.2) is 48.5 Å². The molecule has 2 aromatic carbocycles. The van der Waals surface area contributed by atoms with E-state index in [-0.39, 0.29) is 63.4 Å². The van der Waals surface area contributed by atoms with Gasteiger partial charge in [0.05, 0.1) is 13.2 Å². The number of benzene rings is 2. The van der Waals surface area contributed by atoms with E-state index >= 15 is 0 Å². The molecular weight excluding hydrogens is 676 g/mol. The van der Waals surface area contributed by atoms with Gasteiger partial charge in [0, 0.05) is 39.0 Å². The minimum Gasteiger partial charge on any atom is -0.491 e. The Kier molecular flexibility index (Phi) is 16.6. The molecule has 2 aliphatic heterocycles. The molecule has 14 nitrogen and oxygen atoms in total. The molecule has 14 heteroatoms. The Hall–Kier alpha value is -3.34. The van der Waals surface area contributed by atoms with Crippen molar-refractivity contribution in [3.05, 3.63) is 59.7 Å². The van der Waals surface area contributed by atoms with Crippen molar-refractivity contribution in [1.29, 1.82) is 0 Å². The van der Waals surface area contributed by atoms with Crippen LogP contribution in [0.2, 0.25) is 0 Å². The molecule has 0 aliphatic carbocycles. The lowest BCUT2D eigenvalue weighted by Gasteiger charge is -2.17. The summed E-state index contributed by atoms with van der Waals surface area (Å²) in [5, 5.41) is 26.9. The van der Waals surface area contributed by atoms with Crippen molar-refractivity contribution in [2.24, 2.45) is 0 Å². The molecule has 0 bridgehead atoms. The lowest BCUT2D eigenvalue weighted by atomic mass is 10.1. The third-order valence-electron chi connectivity index (χ3n) is 8.20. The maximum absolute atomic E-state index is 12.1. The van der Waals surface area contributed by atoms with Crippen LogP contribution in [0.25, 0.3) is 0 Å². The molecule has 0 radical (unpaired) electrons. The molecule has 0 amide bonds. The van der Waals surface area contributed by atoms with Crippen molar-refractivity contribution >= 4 is 11.9 Å². The lowest BCUT2D eigenvalue weighted by Crippen LogP contribution is -2.38. The summed E-state index contributed by atoms with van der Waals surface area (Å²) in [6, 6.07) is 14.8. The van der Waals surface area contributed by atoms with Gasteiger partial charge in [0.1, 0.15) is 62.3 Å². The molecule has 0 aromatic heterocycles. The molecule has 0 spiro atoms. The first kappa shape index (κ1) is 41.4. The molecule has 2 fully saturated rings. The van der Waals surface area contributed by atoms with E-state index in [1.165, 1.54) is 0 Å². The van der Waals surface area contributed by atoms with Gasteiger partial charge in [-0.3, -0.25) is 9.59 Å². The normalized spacial score (nSPS) is 20.3. The van der Waals surface area contributed by atoms with E-state index in [9.17, 15) is 19.8 Å². The van der Waals surface area contributed by atoms with Crippen LogP contribution in [0.4, 0.5) is 0 Å². The molecule has 2 heterocycles. The quantitative estimate of drug-likeness (QED) is 0.0969. The molecule has 0 saturated carbocycles. The summed E-state index contributed by atoms with van der Waals surface area (Å²) in [4.78, 5) is 24.2. The summed E-state index contributed by atoms with van der Waals surface area (Å²) >= 11 is 0. The minimum atomic E-state index is -0.700. The van der Waals surface area contributed by atoms with E-state index in [0.717, 1.165) is 11.1 Å². The second-order valence-corrected chi connectivity index (χ2v) is 13.9. The van der Waals surface area contributed by atoms with E-state index in [4.69, 9.17) is 37.9 Å². The number of aryl methyl sites for hydroxylation is 2. The molecule has 0 unspecified atom stereocenters. The second kappa shape index (κ2) is 20.8. The molecule has 2 saturated heterocycles. The number of hydrogen-bond donors (Lipinski definition) is 4. The summed E-state index contributed by atoms with van der Waals surface area (Å²) < 4.78 is 44.2. The highest BCUT2D eigenvalue weighted by atomic mass is 16.8. The van der Waals surface area contributed by atoms with Crippen LogP contribution in [0.3, 0.4) is 0 Å². The second-order valence-electron chi connectivity index (χ2n) is 13.9. The third kappa shape index (κ3) is 16.1. The van der Waals surface area contributed by atoms with Crippen LogP contribution >= 0.6 is 0 Å². The third-order valence-corrected chi connectivity index (χ3v) is 8.20. The largest absolute Gasteiger partial charge is 0.491 e. The fourth-order valence-corrected chi connectivity index (χ4v) is 5.42. The van der Waals surface area contributed by atoms with Gasteiger partial charge in [-0.15, -0.1) is 0 Å². The first-order valence-electron chi connectivity index (χ1n) is 18.0. The van der Waals surface area contributed by atoms with E-state index < -0.39 is 23.8 Å². The summed E-state index contributed by atoms with van der Waals surface area (Å²) in [6.45, 7) is 10.6. The molecule has 4 atom stereocenters. The zero-order valence-corrected chi connectivity index (χ0v) is 30.8. The average molecular weight is 733 g/mol. The first-order valence-corrected chi connectivity index (χ1v) is 18.0. The van der Waals surface area contributed by atoms with Gasteiger partial charge in [0.15, 0.2) is 11.6 Å². The summed E-state index contributed by atoms with van der Waals surface area (Å²) in [5.74, 6) is -0.603. The van der Waals surface area contributed by atoms with E-state index in [0.29, 0.717) is 63.7 Å². The summed E-state index contributed by atoms with van der Waals surface area (Å²) in [6.07, 6.45) is -0.285. The number of esters is 2. The predicted molar refractivity (Wildman–Crippen MR) is 190 cm³/mol. The number of carbonyl (C=O) groups excluding carboxylic acids is 2. The van der Waals surface area contributed by atoms with Gasteiger partial charge in [0.25, 0.3) is 0 Å². The van der Waals surface area contributed by atoms with Crippen molar-refractivity contribution in [2.45, 2.75) is 89.4 Å². The van der Waals surface area contributed by atoms with E-state index in [1.54, 1.807) is 0 Å². The Bertz CT molecular complexity index is 1250. The minimum absolute atomic E-state index is 0.130. The topological polar surface area (TPSA) is 172 Å². The Morgan fingerprint density at radius 3 is 1.42 bits per heavy atom. The first-order chi connectivity index (χ1) is 24.8. The van der Waals surface area contributed by atoms with Crippen molar-refractivity contribution in [2.75, 3.05) is 65.8 Å². The van der Waals surface area contributed by atoms with Crippen LogP contribution < -0.4 is 20.1 Å². The van der Waals surface area contributed by atoms with Gasteiger partial charge >= 0.3 is 11.9 Å². The highest BCUT2D eigenvalue weighted by molar-refractivity contribution is 5.70. The van der Waals surface area contributed by atoms with Gasteiger partial charge < -0.3 is 58.7 Å². The number of ether oxygens (including phenoxy) is 8. The number of aliphatic hydroxyl groups excluding tert-OH is 2. The number of hydrogen-bond acceptors (Lipinski definition) is 14. The Balaban J connectivity index is 0.960.